The summed E-state index contributed by atoms with van der Waals surface area (Å²) in [7, 11) is 1.93. The third-order valence-electron chi connectivity index (χ3n) is 5.71. The van der Waals surface area contributed by atoms with Crippen molar-refractivity contribution in [3.63, 3.8) is 0 Å². The highest BCUT2D eigenvalue weighted by molar-refractivity contribution is 5.89. The number of nitrogens with zero attached hydrogens (tertiary/aromatic N) is 4. The van der Waals surface area contributed by atoms with Crippen LogP contribution in [0, 0.1) is 0 Å². The summed E-state index contributed by atoms with van der Waals surface area (Å²) in [5.74, 6) is 0.873. The van der Waals surface area contributed by atoms with E-state index in [9.17, 15) is 9.59 Å². The van der Waals surface area contributed by atoms with Crippen molar-refractivity contribution in [1.29, 1.82) is 0 Å². The molecule has 3 rings (SSSR count). The highest BCUT2D eigenvalue weighted by Gasteiger charge is 2.37. The molecule has 1 aliphatic carbocycles. The Labute approximate surface area is 155 Å². The fourth-order valence-corrected chi connectivity index (χ4v) is 4.16. The molecule has 1 saturated heterocycles. The van der Waals surface area contributed by atoms with E-state index in [0.29, 0.717) is 19.1 Å². The number of hydrogen-bond acceptors (Lipinski definition) is 4. The van der Waals surface area contributed by atoms with Crippen LogP contribution >= 0.6 is 0 Å². The minimum atomic E-state index is -0.345. The van der Waals surface area contributed by atoms with Crippen LogP contribution in [0.2, 0.25) is 0 Å². The molecule has 144 valence electrons. The van der Waals surface area contributed by atoms with Crippen LogP contribution in [0.4, 0.5) is 0 Å². The van der Waals surface area contributed by atoms with E-state index in [1.807, 2.05) is 36.6 Å². The van der Waals surface area contributed by atoms with Crippen molar-refractivity contribution in [1.82, 2.24) is 24.7 Å². The van der Waals surface area contributed by atoms with E-state index in [1.165, 1.54) is 12.8 Å². The second-order valence-corrected chi connectivity index (χ2v) is 7.76. The van der Waals surface area contributed by atoms with Crippen molar-refractivity contribution in [2.24, 2.45) is 7.05 Å². The molecule has 1 atom stereocenters. The first-order valence-corrected chi connectivity index (χ1v) is 9.76. The number of carbonyl (C=O) groups excluding carboxylic acids is 2. The number of nitrogens with one attached hydrogen (secondary N) is 1. The van der Waals surface area contributed by atoms with Gasteiger partial charge >= 0.3 is 0 Å². The molecule has 2 amide bonds. The van der Waals surface area contributed by atoms with Crippen molar-refractivity contribution in [3.05, 3.63) is 18.2 Å². The lowest BCUT2D eigenvalue weighted by molar-refractivity contribution is -0.141. The average Bonchev–Trinajstić information content (AvgIpc) is 3.26. The maximum atomic E-state index is 13.1. The number of imidazole rings is 1. The molecule has 0 bridgehead atoms. The molecule has 1 aromatic heterocycles. The molecule has 7 heteroatoms. The molecule has 0 spiro atoms. The Morgan fingerprint density at radius 2 is 2.12 bits per heavy atom. The van der Waals surface area contributed by atoms with E-state index < -0.39 is 0 Å². The Bertz CT molecular complexity index is 636. The zero-order chi connectivity index (χ0) is 18.7. The van der Waals surface area contributed by atoms with Gasteiger partial charge in [0.25, 0.3) is 0 Å². The van der Waals surface area contributed by atoms with Gasteiger partial charge in [-0.2, -0.15) is 0 Å². The maximum Gasteiger partial charge on any atom is 0.237 e. The summed E-state index contributed by atoms with van der Waals surface area (Å²) >= 11 is 0. The quantitative estimate of drug-likeness (QED) is 0.829. The molecular weight excluding hydrogens is 330 g/mol. The largest absolute Gasteiger partial charge is 0.353 e. The summed E-state index contributed by atoms with van der Waals surface area (Å²) in [5.41, 5.74) is 0. The van der Waals surface area contributed by atoms with Gasteiger partial charge in [-0.3, -0.25) is 14.5 Å². The highest BCUT2D eigenvalue weighted by atomic mass is 16.2. The van der Waals surface area contributed by atoms with Crippen molar-refractivity contribution in [2.75, 3.05) is 13.1 Å². The summed E-state index contributed by atoms with van der Waals surface area (Å²) in [6.07, 6.45) is 8.59. The first-order chi connectivity index (χ1) is 12.5. The van der Waals surface area contributed by atoms with E-state index in [0.717, 1.165) is 25.2 Å². The summed E-state index contributed by atoms with van der Waals surface area (Å²) in [5, 5.41) is 2.95. The standard InChI is InChI=1S/C19H31N5O2/c1-14(2)24(13-17-20-8-10-22(17)3)18(25)12-16-19(26)21-9-11-23(16)15-6-4-5-7-15/h8,10,14-16H,4-7,9,11-13H2,1-3H3,(H,21,26). The molecule has 1 aliphatic heterocycles. The fourth-order valence-electron chi connectivity index (χ4n) is 4.16. The van der Waals surface area contributed by atoms with Gasteiger partial charge in [0.15, 0.2) is 0 Å². The maximum absolute atomic E-state index is 13.1. The topological polar surface area (TPSA) is 70.5 Å². The summed E-state index contributed by atoms with van der Waals surface area (Å²) in [6, 6.07) is 0.161. The van der Waals surface area contributed by atoms with Crippen molar-refractivity contribution >= 4 is 11.8 Å². The fraction of sp³-hybridized carbons (Fsp3) is 0.737. The third kappa shape index (κ3) is 4.09. The van der Waals surface area contributed by atoms with Gasteiger partial charge < -0.3 is 14.8 Å². The number of aromatic nitrogens is 2. The van der Waals surface area contributed by atoms with Crippen molar-refractivity contribution in [2.45, 2.75) is 70.6 Å². The zero-order valence-corrected chi connectivity index (χ0v) is 16.1. The minimum absolute atomic E-state index is 0.00259. The SMILES string of the molecule is CC(C)N(Cc1nccn1C)C(=O)CC1C(=O)NCCN1C1CCCC1. The molecular formula is C19H31N5O2. The number of aryl methyl sites for hydroxylation is 1. The predicted molar refractivity (Wildman–Crippen MR) is 99.3 cm³/mol. The Morgan fingerprint density at radius 1 is 1.38 bits per heavy atom. The van der Waals surface area contributed by atoms with Gasteiger partial charge in [-0.15, -0.1) is 0 Å². The van der Waals surface area contributed by atoms with Gasteiger partial charge in [-0.1, -0.05) is 12.8 Å². The minimum Gasteiger partial charge on any atom is -0.353 e. The Hall–Kier alpha value is -1.89. The molecule has 1 N–H and O–H groups in total. The van der Waals surface area contributed by atoms with Crippen molar-refractivity contribution < 1.29 is 9.59 Å². The van der Waals surface area contributed by atoms with E-state index in [4.69, 9.17) is 0 Å². The molecule has 0 aromatic carbocycles. The molecule has 1 unspecified atom stereocenters. The van der Waals surface area contributed by atoms with Gasteiger partial charge in [-0.25, -0.2) is 4.98 Å². The number of amides is 2. The highest BCUT2D eigenvalue weighted by Crippen LogP contribution is 2.27. The van der Waals surface area contributed by atoms with Crippen molar-refractivity contribution in [3.8, 4) is 0 Å². The predicted octanol–water partition coefficient (Wildman–Crippen LogP) is 1.29. The number of rotatable bonds is 6. The molecule has 1 aromatic rings. The van der Waals surface area contributed by atoms with Crippen LogP contribution < -0.4 is 5.32 Å². The summed E-state index contributed by atoms with van der Waals surface area (Å²) in [6.45, 7) is 6.02. The number of piperazine rings is 1. The summed E-state index contributed by atoms with van der Waals surface area (Å²) < 4.78 is 1.93. The smallest absolute Gasteiger partial charge is 0.237 e. The Morgan fingerprint density at radius 3 is 2.73 bits per heavy atom. The van der Waals surface area contributed by atoms with Gasteiger partial charge in [0.1, 0.15) is 5.82 Å². The Balaban J connectivity index is 1.71. The van der Waals surface area contributed by atoms with E-state index in [2.05, 4.69) is 15.2 Å². The molecule has 2 aliphatic rings. The number of hydrogen-bond donors (Lipinski definition) is 1. The second-order valence-electron chi connectivity index (χ2n) is 7.76. The zero-order valence-electron chi connectivity index (χ0n) is 16.1. The first kappa shape index (κ1) is 18.9. The van der Waals surface area contributed by atoms with Crippen LogP contribution in [0.15, 0.2) is 12.4 Å². The molecule has 1 saturated carbocycles. The summed E-state index contributed by atoms with van der Waals surface area (Å²) in [4.78, 5) is 34.0. The van der Waals surface area contributed by atoms with Gasteiger partial charge in [0.2, 0.25) is 11.8 Å². The molecule has 2 fully saturated rings. The lowest BCUT2D eigenvalue weighted by Crippen LogP contribution is -2.59. The van der Waals surface area contributed by atoms with Gasteiger partial charge in [0.05, 0.1) is 19.0 Å². The monoisotopic (exact) mass is 361 g/mol. The Kier molecular flexibility index (Phi) is 5.96. The van der Waals surface area contributed by atoms with Crippen LogP contribution in [-0.4, -0.2) is 62.4 Å². The van der Waals surface area contributed by atoms with Crippen LogP contribution in [0.1, 0.15) is 51.8 Å². The van der Waals surface area contributed by atoms with Crippen LogP contribution in [0.25, 0.3) is 0 Å². The third-order valence-corrected chi connectivity index (χ3v) is 5.71. The number of carbonyl (C=O) groups is 2. The average molecular weight is 361 g/mol. The van der Waals surface area contributed by atoms with E-state index >= 15 is 0 Å². The first-order valence-electron chi connectivity index (χ1n) is 9.76. The lowest BCUT2D eigenvalue weighted by atomic mass is 10.0. The van der Waals surface area contributed by atoms with Gasteiger partial charge in [0, 0.05) is 44.6 Å². The van der Waals surface area contributed by atoms with Crippen LogP contribution in [0.3, 0.4) is 0 Å². The molecule has 0 radical (unpaired) electrons. The normalized spacial score (nSPS) is 22.0. The molecule has 2 heterocycles. The lowest BCUT2D eigenvalue weighted by Gasteiger charge is -2.39. The van der Waals surface area contributed by atoms with E-state index in [-0.39, 0.29) is 30.3 Å². The van der Waals surface area contributed by atoms with E-state index in [1.54, 1.807) is 6.20 Å². The second kappa shape index (κ2) is 8.20. The molecule has 7 nitrogen and oxygen atoms in total. The van der Waals surface area contributed by atoms with Crippen LogP contribution in [0.5, 0.6) is 0 Å². The molecule has 26 heavy (non-hydrogen) atoms. The van der Waals surface area contributed by atoms with Crippen LogP contribution in [-0.2, 0) is 23.2 Å². The van der Waals surface area contributed by atoms with Gasteiger partial charge in [-0.05, 0) is 26.7 Å².